The van der Waals surface area contributed by atoms with E-state index >= 15 is 0 Å². The van der Waals surface area contributed by atoms with Crippen molar-refractivity contribution < 1.29 is 9.53 Å². The van der Waals surface area contributed by atoms with Crippen molar-refractivity contribution >= 4 is 28.5 Å². The molecule has 0 aliphatic rings. The topological polar surface area (TPSA) is 52.1 Å². The normalized spacial score (nSPS) is 10.7. The average molecular weight is 375 g/mol. The van der Waals surface area contributed by atoms with Gasteiger partial charge in [-0.1, -0.05) is 48.0 Å². The Morgan fingerprint density at radius 2 is 1.81 bits per heavy atom. The van der Waals surface area contributed by atoms with E-state index in [-0.39, 0.29) is 6.61 Å². The van der Waals surface area contributed by atoms with E-state index in [4.69, 9.17) is 16.3 Å². The van der Waals surface area contributed by atoms with Crippen LogP contribution in [-0.2, 0) is 11.3 Å². The molecule has 4 rings (SSSR count). The lowest BCUT2D eigenvalue weighted by Crippen LogP contribution is -2.07. The lowest BCUT2D eigenvalue weighted by molar-refractivity contribution is 0.0475. The highest BCUT2D eigenvalue weighted by Gasteiger charge is 2.16. The fraction of sp³-hybridized carbons (Fsp3) is 0.0455. The van der Waals surface area contributed by atoms with Crippen LogP contribution in [0.4, 0.5) is 0 Å². The van der Waals surface area contributed by atoms with Crippen molar-refractivity contribution in [1.82, 2.24) is 9.97 Å². The smallest absolute Gasteiger partial charge is 0.339 e. The van der Waals surface area contributed by atoms with E-state index in [1.54, 1.807) is 24.5 Å². The Bertz CT molecular complexity index is 1110. The SMILES string of the molecule is O=C(OCc1ccccc1Cl)c1cc(-c2cccnc2)nc2ccccc12. The fourth-order valence-corrected chi connectivity index (χ4v) is 3.03. The fourth-order valence-electron chi connectivity index (χ4n) is 2.84. The second-order valence-corrected chi connectivity index (χ2v) is 6.39. The first kappa shape index (κ1) is 17.2. The summed E-state index contributed by atoms with van der Waals surface area (Å²) in [4.78, 5) is 21.6. The highest BCUT2D eigenvalue weighted by molar-refractivity contribution is 6.31. The van der Waals surface area contributed by atoms with Crippen molar-refractivity contribution in [3.63, 3.8) is 0 Å². The maximum absolute atomic E-state index is 12.8. The number of pyridine rings is 2. The summed E-state index contributed by atoms with van der Waals surface area (Å²) in [7, 11) is 0. The van der Waals surface area contributed by atoms with Gasteiger partial charge in [-0.05, 0) is 30.3 Å². The zero-order valence-electron chi connectivity index (χ0n) is 14.3. The van der Waals surface area contributed by atoms with Crippen LogP contribution in [-0.4, -0.2) is 15.9 Å². The number of esters is 1. The molecule has 0 bridgehead atoms. The van der Waals surface area contributed by atoms with Gasteiger partial charge in [0.15, 0.2) is 0 Å². The van der Waals surface area contributed by atoms with Gasteiger partial charge in [0.2, 0.25) is 0 Å². The zero-order chi connectivity index (χ0) is 18.6. The maximum atomic E-state index is 12.8. The third-order valence-corrected chi connectivity index (χ3v) is 4.58. The van der Waals surface area contributed by atoms with E-state index < -0.39 is 5.97 Å². The number of carbonyl (C=O) groups excluding carboxylic acids is 1. The van der Waals surface area contributed by atoms with Gasteiger partial charge >= 0.3 is 5.97 Å². The van der Waals surface area contributed by atoms with E-state index in [2.05, 4.69) is 9.97 Å². The zero-order valence-corrected chi connectivity index (χ0v) is 15.1. The van der Waals surface area contributed by atoms with Gasteiger partial charge in [-0.2, -0.15) is 0 Å². The van der Waals surface area contributed by atoms with Gasteiger partial charge in [0, 0.05) is 33.9 Å². The lowest BCUT2D eigenvalue weighted by atomic mass is 10.1. The molecule has 0 N–H and O–H groups in total. The number of nitrogens with zero attached hydrogens (tertiary/aromatic N) is 2. The van der Waals surface area contributed by atoms with Crippen molar-refractivity contribution in [3.8, 4) is 11.3 Å². The van der Waals surface area contributed by atoms with Crippen LogP contribution in [0.1, 0.15) is 15.9 Å². The van der Waals surface area contributed by atoms with Crippen LogP contribution >= 0.6 is 11.6 Å². The molecular weight excluding hydrogens is 360 g/mol. The Morgan fingerprint density at radius 1 is 1.00 bits per heavy atom. The summed E-state index contributed by atoms with van der Waals surface area (Å²) in [5.41, 5.74) is 3.46. The molecule has 0 spiro atoms. The number of para-hydroxylation sites is 1. The number of hydrogen-bond acceptors (Lipinski definition) is 4. The van der Waals surface area contributed by atoms with Gasteiger partial charge in [0.25, 0.3) is 0 Å². The number of fused-ring (bicyclic) bond motifs is 1. The van der Waals surface area contributed by atoms with Gasteiger partial charge in [0.05, 0.1) is 16.8 Å². The van der Waals surface area contributed by atoms with Crippen LogP contribution in [0.15, 0.2) is 79.1 Å². The Labute approximate surface area is 161 Å². The molecule has 2 aromatic carbocycles. The molecule has 0 fully saturated rings. The Hall–Kier alpha value is -3.24. The van der Waals surface area contributed by atoms with Gasteiger partial charge in [-0.3, -0.25) is 4.98 Å². The predicted molar refractivity (Wildman–Crippen MR) is 106 cm³/mol. The number of halogens is 1. The van der Waals surface area contributed by atoms with E-state index in [9.17, 15) is 4.79 Å². The molecule has 0 atom stereocenters. The molecule has 132 valence electrons. The molecule has 2 aromatic heterocycles. The number of aromatic nitrogens is 2. The summed E-state index contributed by atoms with van der Waals surface area (Å²) >= 11 is 6.15. The van der Waals surface area contributed by atoms with Crippen LogP contribution in [0.25, 0.3) is 22.2 Å². The molecule has 0 aliphatic carbocycles. The molecule has 4 aromatic rings. The molecule has 0 radical (unpaired) electrons. The third-order valence-electron chi connectivity index (χ3n) is 4.21. The number of hydrogen-bond donors (Lipinski definition) is 0. The van der Waals surface area contributed by atoms with Gasteiger partial charge in [-0.15, -0.1) is 0 Å². The van der Waals surface area contributed by atoms with Crippen molar-refractivity contribution in [2.24, 2.45) is 0 Å². The van der Waals surface area contributed by atoms with Crippen LogP contribution in [0.3, 0.4) is 0 Å². The molecule has 27 heavy (non-hydrogen) atoms. The standard InChI is InChI=1S/C22H15ClN2O2/c23-19-9-3-1-6-16(19)14-27-22(26)18-12-21(15-7-5-11-24-13-15)25-20-10-4-2-8-17(18)20/h1-13H,14H2. The predicted octanol–water partition coefficient (Wildman–Crippen LogP) is 5.31. The molecule has 0 amide bonds. The molecule has 4 nitrogen and oxygen atoms in total. The van der Waals surface area contributed by atoms with Crippen molar-refractivity contribution in [3.05, 3.63) is 95.3 Å². The van der Waals surface area contributed by atoms with Crippen LogP contribution in [0, 0.1) is 0 Å². The van der Waals surface area contributed by atoms with Gasteiger partial charge in [-0.25, -0.2) is 9.78 Å². The van der Waals surface area contributed by atoms with E-state index in [0.29, 0.717) is 16.3 Å². The monoisotopic (exact) mass is 374 g/mol. The Balaban J connectivity index is 1.71. The summed E-state index contributed by atoms with van der Waals surface area (Å²) in [6.07, 6.45) is 3.42. The number of rotatable bonds is 4. The van der Waals surface area contributed by atoms with Crippen molar-refractivity contribution in [2.45, 2.75) is 6.61 Å². The minimum atomic E-state index is -0.418. The quantitative estimate of drug-likeness (QED) is 0.454. The van der Waals surface area contributed by atoms with Crippen molar-refractivity contribution in [1.29, 1.82) is 0 Å². The van der Waals surface area contributed by atoms with Crippen LogP contribution in [0.2, 0.25) is 5.02 Å². The second kappa shape index (κ2) is 7.56. The number of benzene rings is 2. The summed E-state index contributed by atoms with van der Waals surface area (Å²) in [5, 5.41) is 1.32. The molecular formula is C22H15ClN2O2. The lowest BCUT2D eigenvalue weighted by Gasteiger charge is -2.10. The first-order chi connectivity index (χ1) is 13.2. The van der Waals surface area contributed by atoms with Crippen LogP contribution < -0.4 is 0 Å². The third kappa shape index (κ3) is 3.66. The summed E-state index contributed by atoms with van der Waals surface area (Å²) in [6, 6.07) is 20.3. The molecule has 0 aliphatic heterocycles. The van der Waals surface area contributed by atoms with Crippen LogP contribution in [0.5, 0.6) is 0 Å². The van der Waals surface area contributed by atoms with Gasteiger partial charge in [0.1, 0.15) is 6.61 Å². The first-order valence-corrected chi connectivity index (χ1v) is 8.81. The Kier molecular flexibility index (Phi) is 4.81. The highest BCUT2D eigenvalue weighted by Crippen LogP contribution is 2.25. The molecule has 0 saturated carbocycles. The largest absolute Gasteiger partial charge is 0.457 e. The number of carbonyl (C=O) groups is 1. The van der Waals surface area contributed by atoms with E-state index in [1.807, 2.05) is 54.6 Å². The summed E-state index contributed by atoms with van der Waals surface area (Å²) in [6.45, 7) is 0.109. The minimum absolute atomic E-state index is 0.109. The maximum Gasteiger partial charge on any atom is 0.339 e. The molecule has 0 unspecified atom stereocenters. The highest BCUT2D eigenvalue weighted by atomic mass is 35.5. The number of ether oxygens (including phenoxy) is 1. The molecule has 0 saturated heterocycles. The molecule has 2 heterocycles. The second-order valence-electron chi connectivity index (χ2n) is 5.98. The molecule has 5 heteroatoms. The minimum Gasteiger partial charge on any atom is -0.457 e. The van der Waals surface area contributed by atoms with E-state index in [1.165, 1.54) is 0 Å². The van der Waals surface area contributed by atoms with Crippen molar-refractivity contribution in [2.75, 3.05) is 0 Å². The Morgan fingerprint density at radius 3 is 2.63 bits per heavy atom. The van der Waals surface area contributed by atoms with E-state index in [0.717, 1.165) is 22.0 Å². The summed E-state index contributed by atoms with van der Waals surface area (Å²) in [5.74, 6) is -0.418. The first-order valence-electron chi connectivity index (χ1n) is 8.43. The van der Waals surface area contributed by atoms with Gasteiger partial charge < -0.3 is 4.74 Å². The average Bonchev–Trinajstić information content (AvgIpc) is 2.73. The summed E-state index contributed by atoms with van der Waals surface area (Å²) < 4.78 is 5.53.